The Balaban J connectivity index is 1.60. The van der Waals surface area contributed by atoms with Gasteiger partial charge in [-0.1, -0.05) is 42.5 Å². The number of carbonyl (C=O) groups excluding carboxylic acids is 2. The van der Waals surface area contributed by atoms with Crippen molar-refractivity contribution in [2.75, 3.05) is 5.32 Å². The summed E-state index contributed by atoms with van der Waals surface area (Å²) in [6.07, 6.45) is -0.955. The van der Waals surface area contributed by atoms with Crippen LogP contribution < -0.4 is 5.32 Å². The molecule has 0 aliphatic rings. The average Bonchev–Trinajstić information content (AvgIpc) is 3.30. The number of para-hydroxylation sites is 2. The van der Waals surface area contributed by atoms with Gasteiger partial charge in [0.25, 0.3) is 5.91 Å². The van der Waals surface area contributed by atoms with Gasteiger partial charge < -0.3 is 10.1 Å². The van der Waals surface area contributed by atoms with Crippen molar-refractivity contribution in [3.8, 4) is 10.6 Å². The molecule has 1 amide bonds. The summed E-state index contributed by atoms with van der Waals surface area (Å²) in [5, 5.41) is 5.53. The number of thiophene rings is 1. The second-order valence-corrected chi connectivity index (χ2v) is 8.30. The van der Waals surface area contributed by atoms with Gasteiger partial charge >= 0.3 is 5.97 Å². The highest BCUT2D eigenvalue weighted by molar-refractivity contribution is 7.13. The Morgan fingerprint density at radius 1 is 1.00 bits per heavy atom. The Morgan fingerprint density at radius 3 is 2.45 bits per heavy atom. The fraction of sp³-hybridized carbons (Fsp3) is 0.160. The van der Waals surface area contributed by atoms with E-state index in [0.717, 1.165) is 21.7 Å². The van der Waals surface area contributed by atoms with E-state index in [-0.39, 0.29) is 5.91 Å². The van der Waals surface area contributed by atoms with Crippen molar-refractivity contribution in [1.82, 2.24) is 4.98 Å². The van der Waals surface area contributed by atoms with Crippen LogP contribution in [0.4, 0.5) is 5.69 Å². The molecule has 2 aromatic heterocycles. The van der Waals surface area contributed by atoms with Crippen LogP contribution in [-0.2, 0) is 9.53 Å². The molecule has 31 heavy (non-hydrogen) atoms. The van der Waals surface area contributed by atoms with E-state index >= 15 is 0 Å². The van der Waals surface area contributed by atoms with E-state index in [2.05, 4.69) is 10.3 Å². The molecule has 0 aliphatic carbocycles. The highest BCUT2D eigenvalue weighted by atomic mass is 32.1. The largest absolute Gasteiger partial charge is 0.449 e. The number of carbonyl (C=O) groups is 2. The molecule has 0 bridgehead atoms. The fourth-order valence-corrected chi connectivity index (χ4v) is 4.10. The number of rotatable bonds is 5. The summed E-state index contributed by atoms with van der Waals surface area (Å²) in [5.74, 6) is -0.928. The van der Waals surface area contributed by atoms with Crippen molar-refractivity contribution < 1.29 is 14.3 Å². The third kappa shape index (κ3) is 4.34. The van der Waals surface area contributed by atoms with Crippen molar-refractivity contribution in [1.29, 1.82) is 0 Å². The van der Waals surface area contributed by atoms with Gasteiger partial charge in [0.15, 0.2) is 6.10 Å². The number of amides is 1. The maximum absolute atomic E-state index is 13.1. The lowest BCUT2D eigenvalue weighted by molar-refractivity contribution is -0.123. The van der Waals surface area contributed by atoms with E-state index in [1.54, 1.807) is 24.3 Å². The summed E-state index contributed by atoms with van der Waals surface area (Å²) in [4.78, 5) is 31.4. The van der Waals surface area contributed by atoms with Gasteiger partial charge in [-0.05, 0) is 55.5 Å². The second kappa shape index (κ2) is 8.70. The first kappa shape index (κ1) is 20.8. The maximum atomic E-state index is 13.1. The number of pyridine rings is 1. The smallest absolute Gasteiger partial charge is 0.339 e. The lowest BCUT2D eigenvalue weighted by Gasteiger charge is -2.17. The van der Waals surface area contributed by atoms with Crippen LogP contribution in [0.2, 0.25) is 0 Å². The summed E-state index contributed by atoms with van der Waals surface area (Å²) < 4.78 is 5.56. The normalized spacial score (nSPS) is 11.8. The number of aromatic nitrogens is 1. The highest BCUT2D eigenvalue weighted by Gasteiger charge is 2.22. The number of benzene rings is 2. The van der Waals surface area contributed by atoms with E-state index in [1.165, 1.54) is 0 Å². The lowest BCUT2D eigenvalue weighted by atomic mass is 10.1. The summed E-state index contributed by atoms with van der Waals surface area (Å²) in [7, 11) is 0. The zero-order chi connectivity index (χ0) is 22.0. The van der Waals surface area contributed by atoms with Crippen LogP contribution in [0.15, 0.2) is 66.0 Å². The Hall–Kier alpha value is -3.51. The number of ether oxygens (including phenoxy) is 1. The van der Waals surface area contributed by atoms with Gasteiger partial charge in [0, 0.05) is 11.1 Å². The summed E-state index contributed by atoms with van der Waals surface area (Å²) in [5.41, 5.74) is 4.44. The predicted molar refractivity (Wildman–Crippen MR) is 124 cm³/mol. The Bertz CT molecular complexity index is 1250. The number of hydrogen-bond donors (Lipinski definition) is 1. The number of nitrogens with one attached hydrogen (secondary N) is 1. The van der Waals surface area contributed by atoms with Crippen LogP contribution in [0.3, 0.4) is 0 Å². The Kier molecular flexibility index (Phi) is 5.82. The SMILES string of the molecule is Cc1cccc(C)c1NC(=O)C(C)OC(=O)c1cc(-c2cccs2)nc2ccccc12. The number of nitrogens with zero attached hydrogens (tertiary/aromatic N) is 1. The first-order valence-electron chi connectivity index (χ1n) is 9.96. The van der Waals surface area contributed by atoms with Crippen LogP contribution in [0.25, 0.3) is 21.5 Å². The van der Waals surface area contributed by atoms with Gasteiger partial charge in [0.1, 0.15) is 0 Å². The van der Waals surface area contributed by atoms with Crippen molar-refractivity contribution in [2.45, 2.75) is 26.9 Å². The Labute approximate surface area is 184 Å². The lowest BCUT2D eigenvalue weighted by Crippen LogP contribution is -2.30. The summed E-state index contributed by atoms with van der Waals surface area (Å²) in [6.45, 7) is 5.42. The van der Waals surface area contributed by atoms with Crippen LogP contribution in [-0.4, -0.2) is 23.0 Å². The number of esters is 1. The Morgan fingerprint density at radius 2 is 1.74 bits per heavy atom. The molecule has 0 saturated heterocycles. The monoisotopic (exact) mass is 430 g/mol. The van der Waals surface area contributed by atoms with Crippen LogP contribution >= 0.6 is 11.3 Å². The van der Waals surface area contributed by atoms with Crippen molar-refractivity contribution in [3.05, 3.63) is 82.7 Å². The molecule has 2 aromatic carbocycles. The maximum Gasteiger partial charge on any atom is 0.339 e. The molecule has 5 nitrogen and oxygen atoms in total. The molecule has 1 atom stereocenters. The molecule has 0 spiro atoms. The third-order valence-electron chi connectivity index (χ3n) is 5.09. The first-order chi connectivity index (χ1) is 14.9. The van der Waals surface area contributed by atoms with Crippen molar-refractivity contribution in [2.24, 2.45) is 0 Å². The minimum atomic E-state index is -0.955. The van der Waals surface area contributed by atoms with E-state index in [9.17, 15) is 9.59 Å². The second-order valence-electron chi connectivity index (χ2n) is 7.35. The fourth-order valence-electron chi connectivity index (χ4n) is 3.41. The molecule has 4 aromatic rings. The van der Waals surface area contributed by atoms with Crippen molar-refractivity contribution >= 4 is 39.8 Å². The number of anilines is 1. The molecule has 2 heterocycles. The van der Waals surface area contributed by atoms with E-state index in [1.807, 2.05) is 73.8 Å². The van der Waals surface area contributed by atoms with Gasteiger partial charge in [0.05, 0.1) is 21.7 Å². The van der Waals surface area contributed by atoms with Gasteiger partial charge in [0.2, 0.25) is 0 Å². The van der Waals surface area contributed by atoms with Gasteiger partial charge in [-0.25, -0.2) is 9.78 Å². The minimum Gasteiger partial charge on any atom is -0.449 e. The molecule has 0 aliphatic heterocycles. The molecule has 4 rings (SSSR count). The number of hydrogen-bond acceptors (Lipinski definition) is 5. The van der Waals surface area contributed by atoms with E-state index in [4.69, 9.17) is 4.74 Å². The zero-order valence-corrected chi connectivity index (χ0v) is 18.3. The van der Waals surface area contributed by atoms with Gasteiger partial charge in [-0.2, -0.15) is 0 Å². The predicted octanol–water partition coefficient (Wildman–Crippen LogP) is 5.76. The summed E-state index contributed by atoms with van der Waals surface area (Å²) in [6, 6.07) is 18.8. The molecule has 0 fully saturated rings. The van der Waals surface area contributed by atoms with Gasteiger partial charge in [-0.3, -0.25) is 4.79 Å². The third-order valence-corrected chi connectivity index (χ3v) is 5.98. The summed E-state index contributed by atoms with van der Waals surface area (Å²) >= 11 is 1.55. The molecular formula is C25H22N2O3S. The molecular weight excluding hydrogens is 408 g/mol. The zero-order valence-electron chi connectivity index (χ0n) is 17.5. The first-order valence-corrected chi connectivity index (χ1v) is 10.8. The molecule has 1 N–H and O–H groups in total. The quantitative estimate of drug-likeness (QED) is 0.409. The molecule has 6 heteroatoms. The molecule has 0 saturated carbocycles. The molecule has 1 unspecified atom stereocenters. The average molecular weight is 431 g/mol. The van der Waals surface area contributed by atoms with Crippen LogP contribution in [0.5, 0.6) is 0 Å². The molecule has 156 valence electrons. The van der Waals surface area contributed by atoms with E-state index < -0.39 is 12.1 Å². The van der Waals surface area contributed by atoms with Crippen molar-refractivity contribution in [3.63, 3.8) is 0 Å². The van der Waals surface area contributed by atoms with Gasteiger partial charge in [-0.15, -0.1) is 11.3 Å². The van der Waals surface area contributed by atoms with Crippen LogP contribution in [0.1, 0.15) is 28.4 Å². The number of aryl methyl sites for hydroxylation is 2. The topological polar surface area (TPSA) is 68.3 Å². The number of fused-ring (bicyclic) bond motifs is 1. The highest BCUT2D eigenvalue weighted by Crippen LogP contribution is 2.28. The standard InChI is InChI=1S/C25H22N2O3S/c1-15-8-6-9-16(2)23(15)27-24(28)17(3)30-25(29)19-14-21(22-12-7-13-31-22)26-20-11-5-4-10-18(19)20/h4-14,17H,1-3H3,(H,27,28). The van der Waals surface area contributed by atoms with Crippen LogP contribution in [0, 0.1) is 13.8 Å². The minimum absolute atomic E-state index is 0.373. The van der Waals surface area contributed by atoms with E-state index in [0.29, 0.717) is 22.2 Å². The molecule has 0 radical (unpaired) electrons.